The lowest BCUT2D eigenvalue weighted by Crippen LogP contribution is -1.95. The summed E-state index contributed by atoms with van der Waals surface area (Å²) < 4.78 is 5.43. The molecule has 0 spiro atoms. The number of carbonyl (C=O) groups is 1. The van der Waals surface area contributed by atoms with Gasteiger partial charge in [-0.25, -0.2) is 9.78 Å². The van der Waals surface area contributed by atoms with Gasteiger partial charge in [0.15, 0.2) is 0 Å². The molecule has 1 N–H and O–H groups in total. The number of aromatic carboxylic acids is 1. The zero-order valence-electron chi connectivity index (χ0n) is 11.1. The highest BCUT2D eigenvalue weighted by Gasteiger charge is 2.13. The van der Waals surface area contributed by atoms with Gasteiger partial charge in [-0.3, -0.25) is 0 Å². The zero-order chi connectivity index (χ0) is 15.7. The lowest BCUT2D eigenvalue weighted by atomic mass is 10.1. The van der Waals surface area contributed by atoms with Crippen LogP contribution < -0.4 is 0 Å². The molecule has 6 heteroatoms. The van der Waals surface area contributed by atoms with E-state index >= 15 is 0 Å². The molecule has 3 aromatic rings. The predicted molar refractivity (Wildman–Crippen MR) is 84.4 cm³/mol. The first-order valence-corrected chi connectivity index (χ1v) is 7.05. The van der Waals surface area contributed by atoms with Crippen LogP contribution in [0.5, 0.6) is 0 Å². The molecule has 110 valence electrons. The van der Waals surface area contributed by atoms with Crippen LogP contribution in [0.4, 0.5) is 0 Å². The van der Waals surface area contributed by atoms with Crippen LogP contribution >= 0.6 is 23.2 Å². The first-order chi connectivity index (χ1) is 10.5. The summed E-state index contributed by atoms with van der Waals surface area (Å²) in [4.78, 5) is 15.4. The summed E-state index contributed by atoms with van der Waals surface area (Å²) in [7, 11) is 0. The summed E-state index contributed by atoms with van der Waals surface area (Å²) in [5.74, 6) is -0.682. The number of hydrogen-bond donors (Lipinski definition) is 1. The van der Waals surface area contributed by atoms with Crippen molar-refractivity contribution in [3.63, 3.8) is 0 Å². The van der Waals surface area contributed by atoms with Gasteiger partial charge < -0.3 is 9.52 Å². The minimum absolute atomic E-state index is 0.168. The number of nitrogens with zero attached hydrogens (tertiary/aromatic N) is 1. The molecule has 2 aromatic carbocycles. The number of oxazole rings is 1. The summed E-state index contributed by atoms with van der Waals surface area (Å²) in [5, 5.41) is 10.0. The van der Waals surface area contributed by atoms with Crippen LogP contribution in [0.1, 0.15) is 10.4 Å². The van der Waals surface area contributed by atoms with E-state index in [4.69, 9.17) is 32.7 Å². The zero-order valence-corrected chi connectivity index (χ0v) is 12.6. The number of hydrogen-bond acceptors (Lipinski definition) is 3. The Kier molecular flexibility index (Phi) is 3.88. The first-order valence-electron chi connectivity index (χ1n) is 6.29. The van der Waals surface area contributed by atoms with Gasteiger partial charge >= 0.3 is 5.97 Å². The van der Waals surface area contributed by atoms with Gasteiger partial charge in [0.05, 0.1) is 10.6 Å². The Morgan fingerprint density at radius 3 is 2.68 bits per heavy atom. The molecule has 0 aliphatic carbocycles. The van der Waals surface area contributed by atoms with Crippen molar-refractivity contribution < 1.29 is 14.3 Å². The number of aromatic nitrogens is 1. The molecule has 3 rings (SSSR count). The predicted octanol–water partition coefficient (Wildman–Crippen LogP) is 5.01. The van der Waals surface area contributed by atoms with E-state index in [-0.39, 0.29) is 5.56 Å². The lowest BCUT2D eigenvalue weighted by molar-refractivity contribution is 0.0697. The summed E-state index contributed by atoms with van der Waals surface area (Å²) in [6.45, 7) is 0. The molecule has 0 bridgehead atoms. The van der Waals surface area contributed by atoms with Gasteiger partial charge in [0.25, 0.3) is 0 Å². The Bertz CT molecular complexity index is 858. The van der Waals surface area contributed by atoms with E-state index in [1.54, 1.807) is 30.3 Å². The van der Waals surface area contributed by atoms with E-state index in [0.717, 1.165) is 0 Å². The van der Waals surface area contributed by atoms with E-state index in [9.17, 15) is 4.79 Å². The van der Waals surface area contributed by atoms with E-state index in [0.29, 0.717) is 32.8 Å². The Balaban J connectivity index is 2.00. The molecule has 0 aliphatic heterocycles. The molecule has 22 heavy (non-hydrogen) atoms. The van der Waals surface area contributed by atoms with Gasteiger partial charge in [0.1, 0.15) is 12.0 Å². The first kappa shape index (κ1) is 14.6. The van der Waals surface area contributed by atoms with Crippen molar-refractivity contribution in [2.45, 2.75) is 0 Å². The van der Waals surface area contributed by atoms with E-state index in [1.165, 1.54) is 18.4 Å². The molecule has 0 saturated carbocycles. The Morgan fingerprint density at radius 2 is 1.95 bits per heavy atom. The van der Waals surface area contributed by atoms with Gasteiger partial charge in [0, 0.05) is 16.1 Å². The highest BCUT2D eigenvalue weighted by molar-refractivity contribution is 6.36. The molecular weight excluding hydrogens is 325 g/mol. The second kappa shape index (κ2) is 5.83. The van der Waals surface area contributed by atoms with Crippen LogP contribution in [0.3, 0.4) is 0 Å². The van der Waals surface area contributed by atoms with Crippen molar-refractivity contribution in [3.05, 3.63) is 64.3 Å². The summed E-state index contributed by atoms with van der Waals surface area (Å²) >= 11 is 12.0. The van der Waals surface area contributed by atoms with Crippen molar-refractivity contribution in [2.24, 2.45) is 0 Å². The summed E-state index contributed by atoms with van der Waals surface area (Å²) in [5.41, 5.74) is 1.99. The van der Waals surface area contributed by atoms with Crippen molar-refractivity contribution >= 4 is 29.2 Å². The van der Waals surface area contributed by atoms with Crippen molar-refractivity contribution in [1.29, 1.82) is 0 Å². The minimum atomic E-state index is -1.01. The van der Waals surface area contributed by atoms with Crippen molar-refractivity contribution in [2.75, 3.05) is 0 Å². The Morgan fingerprint density at radius 1 is 1.14 bits per heavy atom. The average Bonchev–Trinajstić information content (AvgIpc) is 2.97. The molecule has 1 aromatic heterocycles. The van der Waals surface area contributed by atoms with Crippen LogP contribution in [-0.2, 0) is 0 Å². The average molecular weight is 334 g/mol. The molecule has 0 saturated heterocycles. The SMILES string of the molecule is O=C(O)c1cccc(-c2nc(-c3ccc(Cl)cc3Cl)co2)c1. The van der Waals surface area contributed by atoms with Gasteiger partial charge in [-0.2, -0.15) is 0 Å². The molecule has 0 fully saturated rings. The second-order valence-electron chi connectivity index (χ2n) is 4.55. The number of carboxylic acids is 1. The quantitative estimate of drug-likeness (QED) is 0.731. The van der Waals surface area contributed by atoms with Gasteiger partial charge in [-0.15, -0.1) is 0 Å². The summed E-state index contributed by atoms with van der Waals surface area (Å²) in [6.07, 6.45) is 1.47. The number of halogens is 2. The second-order valence-corrected chi connectivity index (χ2v) is 5.39. The Labute approximate surface area is 135 Å². The van der Waals surface area contributed by atoms with Crippen LogP contribution in [0.25, 0.3) is 22.7 Å². The lowest BCUT2D eigenvalue weighted by Gasteiger charge is -2.00. The third-order valence-corrected chi connectivity index (χ3v) is 3.62. The molecule has 0 radical (unpaired) electrons. The smallest absolute Gasteiger partial charge is 0.335 e. The van der Waals surface area contributed by atoms with E-state index in [1.807, 2.05) is 0 Å². The van der Waals surface area contributed by atoms with Gasteiger partial charge in [0.2, 0.25) is 5.89 Å². The molecule has 0 unspecified atom stereocenters. The van der Waals surface area contributed by atoms with Gasteiger partial charge in [-0.05, 0) is 36.4 Å². The van der Waals surface area contributed by atoms with Crippen molar-refractivity contribution in [3.8, 4) is 22.7 Å². The molecule has 0 amide bonds. The fraction of sp³-hybridized carbons (Fsp3) is 0. The van der Waals surface area contributed by atoms with Gasteiger partial charge in [-0.1, -0.05) is 29.3 Å². The molecule has 1 heterocycles. The molecule has 0 aliphatic rings. The molecule has 0 atom stereocenters. The standard InChI is InChI=1S/C16H9Cl2NO3/c17-11-4-5-12(13(18)7-11)14-8-22-15(19-14)9-2-1-3-10(6-9)16(20)21/h1-8H,(H,20,21). The highest BCUT2D eigenvalue weighted by atomic mass is 35.5. The van der Waals surface area contributed by atoms with Crippen LogP contribution in [0, 0.1) is 0 Å². The number of rotatable bonds is 3. The number of benzene rings is 2. The van der Waals surface area contributed by atoms with E-state index < -0.39 is 5.97 Å². The maximum Gasteiger partial charge on any atom is 0.335 e. The highest BCUT2D eigenvalue weighted by Crippen LogP contribution is 2.31. The van der Waals surface area contributed by atoms with Crippen molar-refractivity contribution in [1.82, 2.24) is 4.98 Å². The fourth-order valence-corrected chi connectivity index (χ4v) is 2.52. The van der Waals surface area contributed by atoms with Crippen LogP contribution in [-0.4, -0.2) is 16.1 Å². The summed E-state index contributed by atoms with van der Waals surface area (Å²) in [6, 6.07) is 11.5. The third-order valence-electron chi connectivity index (χ3n) is 3.07. The third kappa shape index (κ3) is 2.84. The van der Waals surface area contributed by atoms with Crippen LogP contribution in [0.15, 0.2) is 53.1 Å². The number of carboxylic acid groups (broad SMARTS) is 1. The fourth-order valence-electron chi connectivity index (χ4n) is 2.01. The van der Waals surface area contributed by atoms with Crippen LogP contribution in [0.2, 0.25) is 10.0 Å². The minimum Gasteiger partial charge on any atom is -0.478 e. The maximum absolute atomic E-state index is 11.0. The normalized spacial score (nSPS) is 10.6. The largest absolute Gasteiger partial charge is 0.478 e. The topological polar surface area (TPSA) is 63.3 Å². The van der Waals surface area contributed by atoms with E-state index in [2.05, 4.69) is 4.98 Å². The monoisotopic (exact) mass is 333 g/mol. The molecule has 4 nitrogen and oxygen atoms in total. The molecular formula is C16H9Cl2NO3. The maximum atomic E-state index is 11.0. The Hall–Kier alpha value is -2.30.